The van der Waals surface area contributed by atoms with Crippen molar-refractivity contribution in [1.29, 1.82) is 0 Å². The highest BCUT2D eigenvalue weighted by atomic mass is 16.5. The molecule has 0 radical (unpaired) electrons. The van der Waals surface area contributed by atoms with Crippen LogP contribution in [0.1, 0.15) is 12.5 Å². The van der Waals surface area contributed by atoms with Crippen LogP contribution in [0.2, 0.25) is 0 Å². The van der Waals surface area contributed by atoms with E-state index >= 15 is 0 Å². The third-order valence-electron chi connectivity index (χ3n) is 2.84. The van der Waals surface area contributed by atoms with Gasteiger partial charge in [-0.3, -0.25) is 9.59 Å². The fourth-order valence-electron chi connectivity index (χ4n) is 1.66. The fourth-order valence-corrected chi connectivity index (χ4v) is 1.66. The molecule has 0 aliphatic rings. The lowest BCUT2D eigenvalue weighted by atomic mass is 10.1. The summed E-state index contributed by atoms with van der Waals surface area (Å²) >= 11 is 0. The molecule has 0 aromatic heterocycles. The maximum atomic E-state index is 11.9. The van der Waals surface area contributed by atoms with Gasteiger partial charge in [-0.15, -0.1) is 0 Å². The van der Waals surface area contributed by atoms with Crippen LogP contribution in [0.3, 0.4) is 0 Å². The van der Waals surface area contributed by atoms with Crippen molar-refractivity contribution in [3.8, 4) is 5.75 Å². The van der Waals surface area contributed by atoms with E-state index in [1.54, 1.807) is 44.3 Å². The Morgan fingerprint density at radius 1 is 1.35 bits per heavy atom. The van der Waals surface area contributed by atoms with Gasteiger partial charge >= 0.3 is 5.97 Å². The lowest BCUT2D eigenvalue weighted by molar-refractivity contribution is -0.145. The molecular weight excluding hydrogens is 258 g/mol. The molecule has 5 heteroatoms. The molecule has 1 rings (SSSR count). The molecule has 1 aromatic carbocycles. The zero-order valence-corrected chi connectivity index (χ0v) is 11.9. The predicted octanol–water partition coefficient (Wildman–Crippen LogP) is 1.67. The van der Waals surface area contributed by atoms with Gasteiger partial charge in [0.15, 0.2) is 0 Å². The lowest BCUT2D eigenvalue weighted by Crippen LogP contribution is -2.33. The molecule has 1 aromatic rings. The summed E-state index contributed by atoms with van der Waals surface area (Å²) in [5, 5.41) is 9.15. The highest BCUT2D eigenvalue weighted by Gasteiger charge is 2.17. The normalized spacial score (nSPS) is 12.2. The van der Waals surface area contributed by atoms with Gasteiger partial charge in [-0.25, -0.2) is 0 Å². The first-order valence-electron chi connectivity index (χ1n) is 6.24. The largest absolute Gasteiger partial charge is 0.508 e. The summed E-state index contributed by atoms with van der Waals surface area (Å²) in [5.74, 6) is -0.727. The number of aromatic hydroxyl groups is 1. The van der Waals surface area contributed by atoms with Gasteiger partial charge in [0.1, 0.15) is 5.75 Å². The number of ether oxygens (including phenoxy) is 1. The SMILES string of the molecule is COC(=O)C(C)CN(C)C(=O)C=Cc1ccc(O)cc1. The molecular formula is C15H19NO4. The number of nitrogens with zero attached hydrogens (tertiary/aromatic N) is 1. The highest BCUT2D eigenvalue weighted by molar-refractivity contribution is 5.91. The average molecular weight is 277 g/mol. The molecule has 20 heavy (non-hydrogen) atoms. The lowest BCUT2D eigenvalue weighted by Gasteiger charge is -2.18. The van der Waals surface area contributed by atoms with Crippen LogP contribution in [0.5, 0.6) is 5.75 Å². The monoisotopic (exact) mass is 277 g/mol. The van der Waals surface area contributed by atoms with Crippen molar-refractivity contribution in [2.75, 3.05) is 20.7 Å². The number of hydrogen-bond acceptors (Lipinski definition) is 4. The minimum absolute atomic E-state index is 0.178. The van der Waals surface area contributed by atoms with Crippen LogP contribution in [0.25, 0.3) is 6.08 Å². The Hall–Kier alpha value is -2.30. The zero-order chi connectivity index (χ0) is 15.1. The van der Waals surface area contributed by atoms with Crippen molar-refractivity contribution >= 4 is 18.0 Å². The second kappa shape index (κ2) is 7.33. The van der Waals surface area contributed by atoms with E-state index in [4.69, 9.17) is 5.11 Å². The molecule has 0 aliphatic carbocycles. The number of likely N-dealkylation sites (N-methyl/N-ethyl adjacent to an activating group) is 1. The summed E-state index contributed by atoms with van der Waals surface area (Å²) in [5.41, 5.74) is 0.811. The Morgan fingerprint density at radius 2 is 1.95 bits per heavy atom. The highest BCUT2D eigenvalue weighted by Crippen LogP contribution is 2.11. The summed E-state index contributed by atoms with van der Waals surface area (Å²) in [7, 11) is 2.95. The van der Waals surface area contributed by atoms with E-state index in [1.807, 2.05) is 0 Å². The van der Waals surface area contributed by atoms with Crippen LogP contribution >= 0.6 is 0 Å². The third kappa shape index (κ3) is 4.76. The van der Waals surface area contributed by atoms with Gasteiger partial charge in [-0.05, 0) is 23.8 Å². The van der Waals surface area contributed by atoms with Crippen molar-refractivity contribution < 1.29 is 19.4 Å². The molecule has 1 unspecified atom stereocenters. The number of carbonyl (C=O) groups is 2. The van der Waals surface area contributed by atoms with Gasteiger partial charge in [0.25, 0.3) is 0 Å². The molecule has 0 bridgehead atoms. The number of amides is 1. The van der Waals surface area contributed by atoms with Crippen LogP contribution in [0.15, 0.2) is 30.3 Å². The van der Waals surface area contributed by atoms with Crippen molar-refractivity contribution in [2.45, 2.75) is 6.92 Å². The minimum atomic E-state index is -0.365. The van der Waals surface area contributed by atoms with Crippen molar-refractivity contribution in [3.05, 3.63) is 35.9 Å². The number of phenols is 1. The van der Waals surface area contributed by atoms with E-state index in [0.717, 1.165) is 5.56 Å². The van der Waals surface area contributed by atoms with Crippen LogP contribution in [0.4, 0.5) is 0 Å². The second-order valence-corrected chi connectivity index (χ2v) is 4.57. The number of esters is 1. The number of methoxy groups -OCH3 is 1. The molecule has 0 heterocycles. The molecule has 1 amide bonds. The summed E-state index contributed by atoms with van der Waals surface area (Å²) in [6, 6.07) is 6.51. The van der Waals surface area contributed by atoms with Crippen LogP contribution in [-0.2, 0) is 14.3 Å². The topological polar surface area (TPSA) is 66.8 Å². The second-order valence-electron chi connectivity index (χ2n) is 4.57. The molecule has 0 saturated carbocycles. The van der Waals surface area contributed by atoms with Gasteiger partial charge in [0, 0.05) is 19.7 Å². The van der Waals surface area contributed by atoms with Gasteiger partial charge in [-0.2, -0.15) is 0 Å². The fraction of sp³-hybridized carbons (Fsp3) is 0.333. The summed E-state index contributed by atoms with van der Waals surface area (Å²) < 4.78 is 4.61. The van der Waals surface area contributed by atoms with Crippen LogP contribution in [0, 0.1) is 5.92 Å². The van der Waals surface area contributed by atoms with Gasteiger partial charge in [-0.1, -0.05) is 19.1 Å². The Labute approximate surface area is 118 Å². The first-order chi connectivity index (χ1) is 9.43. The third-order valence-corrected chi connectivity index (χ3v) is 2.84. The summed E-state index contributed by atoms with van der Waals surface area (Å²) in [4.78, 5) is 24.6. The van der Waals surface area contributed by atoms with Gasteiger partial charge < -0.3 is 14.7 Å². The predicted molar refractivity (Wildman–Crippen MR) is 76.0 cm³/mol. The van der Waals surface area contributed by atoms with Crippen molar-refractivity contribution in [1.82, 2.24) is 4.90 Å². The Bertz CT molecular complexity index is 493. The Morgan fingerprint density at radius 3 is 2.50 bits per heavy atom. The maximum Gasteiger partial charge on any atom is 0.310 e. The first kappa shape index (κ1) is 15.8. The zero-order valence-electron chi connectivity index (χ0n) is 11.9. The van der Waals surface area contributed by atoms with Crippen molar-refractivity contribution in [2.24, 2.45) is 5.92 Å². The molecule has 0 aliphatic heterocycles. The number of phenolic OH excluding ortho intramolecular Hbond substituents is 1. The average Bonchev–Trinajstić information content (AvgIpc) is 2.45. The smallest absolute Gasteiger partial charge is 0.310 e. The summed E-state index contributed by atoms with van der Waals surface area (Å²) in [6.07, 6.45) is 3.08. The van der Waals surface area contributed by atoms with E-state index in [9.17, 15) is 9.59 Å². The van der Waals surface area contributed by atoms with E-state index in [1.165, 1.54) is 18.1 Å². The van der Waals surface area contributed by atoms with Crippen LogP contribution in [-0.4, -0.2) is 42.6 Å². The van der Waals surface area contributed by atoms with Crippen molar-refractivity contribution in [3.63, 3.8) is 0 Å². The Kier molecular flexibility index (Phi) is 5.77. The van der Waals surface area contributed by atoms with E-state index in [0.29, 0.717) is 6.54 Å². The first-order valence-corrected chi connectivity index (χ1v) is 6.24. The number of benzene rings is 1. The molecule has 0 saturated heterocycles. The quantitative estimate of drug-likeness (QED) is 0.656. The molecule has 0 spiro atoms. The molecule has 1 N–H and O–H groups in total. The number of hydrogen-bond donors (Lipinski definition) is 1. The van der Waals surface area contributed by atoms with E-state index < -0.39 is 0 Å². The maximum absolute atomic E-state index is 11.9. The standard InChI is InChI=1S/C15H19NO4/c1-11(15(19)20-3)10-16(2)14(18)9-6-12-4-7-13(17)8-5-12/h4-9,11,17H,10H2,1-3H3. The molecule has 1 atom stereocenters. The molecule has 108 valence electrons. The van der Waals surface area contributed by atoms with Crippen LogP contribution < -0.4 is 0 Å². The van der Waals surface area contributed by atoms with E-state index in [2.05, 4.69) is 4.74 Å². The van der Waals surface area contributed by atoms with E-state index in [-0.39, 0.29) is 23.5 Å². The summed E-state index contributed by atoms with van der Waals surface area (Å²) in [6.45, 7) is 2.00. The van der Waals surface area contributed by atoms with Gasteiger partial charge in [0.05, 0.1) is 13.0 Å². The number of rotatable bonds is 5. The number of carbonyl (C=O) groups excluding carboxylic acids is 2. The minimum Gasteiger partial charge on any atom is -0.508 e. The Balaban J connectivity index is 2.57. The van der Waals surface area contributed by atoms with Gasteiger partial charge in [0.2, 0.25) is 5.91 Å². The molecule has 5 nitrogen and oxygen atoms in total. The molecule has 0 fully saturated rings.